The van der Waals surface area contributed by atoms with Crippen LogP contribution in [0.2, 0.25) is 0 Å². The summed E-state index contributed by atoms with van der Waals surface area (Å²) >= 11 is 0. The normalized spacial score (nSPS) is 14.8. The van der Waals surface area contributed by atoms with Gasteiger partial charge in [0.2, 0.25) is 5.91 Å². The molecule has 0 unspecified atom stereocenters. The topological polar surface area (TPSA) is 105 Å². The Kier molecular flexibility index (Phi) is 6.16. The molecule has 2 amide bonds. The second-order valence-electron chi connectivity index (χ2n) is 7.13. The molecule has 0 atom stereocenters. The number of ether oxygens (including phenoxy) is 1. The minimum Gasteiger partial charge on any atom is -0.497 e. The van der Waals surface area contributed by atoms with Gasteiger partial charge in [0.1, 0.15) is 12.3 Å². The summed E-state index contributed by atoms with van der Waals surface area (Å²) in [6.07, 6.45) is 3.53. The van der Waals surface area contributed by atoms with Gasteiger partial charge in [-0.05, 0) is 54.8 Å². The highest BCUT2D eigenvalue weighted by Gasteiger charge is 2.42. The average Bonchev–Trinajstić information content (AvgIpc) is 3.24. The van der Waals surface area contributed by atoms with Gasteiger partial charge in [-0.1, -0.05) is 25.0 Å². The van der Waals surface area contributed by atoms with Crippen molar-refractivity contribution in [1.29, 1.82) is 0 Å². The van der Waals surface area contributed by atoms with Crippen LogP contribution in [-0.4, -0.2) is 36.5 Å². The van der Waals surface area contributed by atoms with Gasteiger partial charge >= 0.3 is 5.97 Å². The van der Waals surface area contributed by atoms with E-state index in [1.165, 1.54) is 0 Å². The highest BCUT2D eigenvalue weighted by Crippen LogP contribution is 2.42. The molecule has 0 radical (unpaired) electrons. The minimum absolute atomic E-state index is 0.0664. The standard InChI is InChI=1S/C22H24N2O5/c1-29-18-10-6-16(7-11-18)22(12-2-3-13-22)21(28)24-17-8-4-15(5-9-17)20(27)23-14-19(25)26/h4-11H,2-3,12-14H2,1H3,(H,23,27)(H,24,28)(H,25,26). The van der Waals surface area contributed by atoms with Gasteiger partial charge < -0.3 is 20.5 Å². The molecular formula is C22H24N2O5. The summed E-state index contributed by atoms with van der Waals surface area (Å²) in [5, 5.41) is 13.9. The number of nitrogens with one attached hydrogen (secondary N) is 2. The fraction of sp³-hybridized carbons (Fsp3) is 0.318. The molecule has 152 valence electrons. The fourth-order valence-electron chi connectivity index (χ4n) is 3.75. The Balaban J connectivity index is 1.73. The van der Waals surface area contributed by atoms with Gasteiger partial charge in [0.15, 0.2) is 0 Å². The van der Waals surface area contributed by atoms with E-state index in [2.05, 4.69) is 10.6 Å². The van der Waals surface area contributed by atoms with Crippen molar-refractivity contribution in [3.05, 3.63) is 59.7 Å². The third-order valence-corrected chi connectivity index (χ3v) is 5.34. The quantitative estimate of drug-likeness (QED) is 0.667. The number of benzene rings is 2. The first kappa shape index (κ1) is 20.4. The summed E-state index contributed by atoms with van der Waals surface area (Å²) < 4.78 is 5.22. The lowest BCUT2D eigenvalue weighted by Gasteiger charge is -2.28. The Morgan fingerprint density at radius 1 is 1.00 bits per heavy atom. The SMILES string of the molecule is COc1ccc(C2(C(=O)Nc3ccc(C(=O)NCC(=O)O)cc3)CCCC2)cc1. The predicted molar refractivity (Wildman–Crippen MR) is 108 cm³/mol. The zero-order valence-electron chi connectivity index (χ0n) is 16.2. The lowest BCUT2D eigenvalue weighted by Crippen LogP contribution is -2.38. The number of carbonyl (C=O) groups excluding carboxylic acids is 2. The van der Waals surface area contributed by atoms with Gasteiger partial charge in [0.05, 0.1) is 12.5 Å². The number of hydrogen-bond acceptors (Lipinski definition) is 4. The van der Waals surface area contributed by atoms with Crippen molar-refractivity contribution in [3.63, 3.8) is 0 Å². The first-order valence-corrected chi connectivity index (χ1v) is 9.51. The summed E-state index contributed by atoms with van der Waals surface area (Å²) in [6, 6.07) is 14.0. The summed E-state index contributed by atoms with van der Waals surface area (Å²) in [5.41, 5.74) is 1.31. The van der Waals surface area contributed by atoms with E-state index in [0.717, 1.165) is 37.0 Å². The Bertz CT molecular complexity index is 884. The van der Waals surface area contributed by atoms with E-state index in [4.69, 9.17) is 9.84 Å². The van der Waals surface area contributed by atoms with Crippen LogP contribution in [0, 0.1) is 0 Å². The number of carbonyl (C=O) groups is 3. The molecule has 1 saturated carbocycles. The molecule has 0 saturated heterocycles. The smallest absolute Gasteiger partial charge is 0.322 e. The van der Waals surface area contributed by atoms with Crippen molar-refractivity contribution in [2.75, 3.05) is 19.0 Å². The molecule has 29 heavy (non-hydrogen) atoms. The maximum Gasteiger partial charge on any atom is 0.322 e. The van der Waals surface area contributed by atoms with Crippen LogP contribution in [-0.2, 0) is 15.0 Å². The lowest BCUT2D eigenvalue weighted by molar-refractivity contribution is -0.135. The third-order valence-electron chi connectivity index (χ3n) is 5.34. The van der Waals surface area contributed by atoms with Crippen LogP contribution in [0.5, 0.6) is 5.75 Å². The van der Waals surface area contributed by atoms with E-state index in [1.54, 1.807) is 31.4 Å². The summed E-state index contributed by atoms with van der Waals surface area (Å²) in [7, 11) is 1.61. The van der Waals surface area contributed by atoms with E-state index in [9.17, 15) is 14.4 Å². The number of carboxylic acids is 1. The number of methoxy groups -OCH3 is 1. The maximum absolute atomic E-state index is 13.2. The second-order valence-corrected chi connectivity index (χ2v) is 7.13. The van der Waals surface area contributed by atoms with Crippen LogP contribution in [0.15, 0.2) is 48.5 Å². The molecule has 1 fully saturated rings. The molecule has 3 rings (SSSR count). The second kappa shape index (κ2) is 8.77. The molecule has 2 aromatic carbocycles. The van der Waals surface area contributed by atoms with E-state index >= 15 is 0 Å². The third kappa shape index (κ3) is 4.56. The van der Waals surface area contributed by atoms with Crippen LogP contribution in [0.4, 0.5) is 5.69 Å². The molecule has 0 heterocycles. The molecule has 1 aliphatic rings. The maximum atomic E-state index is 13.2. The number of anilines is 1. The zero-order chi connectivity index (χ0) is 20.9. The number of aliphatic carboxylic acids is 1. The van der Waals surface area contributed by atoms with E-state index in [1.807, 2.05) is 24.3 Å². The largest absolute Gasteiger partial charge is 0.497 e. The average molecular weight is 396 g/mol. The van der Waals surface area contributed by atoms with Crippen molar-refractivity contribution in [2.24, 2.45) is 0 Å². The Labute approximate surface area is 169 Å². The van der Waals surface area contributed by atoms with Crippen LogP contribution < -0.4 is 15.4 Å². The van der Waals surface area contributed by atoms with Crippen molar-refractivity contribution in [3.8, 4) is 5.75 Å². The molecule has 2 aromatic rings. The lowest BCUT2D eigenvalue weighted by atomic mass is 9.78. The molecule has 0 aromatic heterocycles. The minimum atomic E-state index is -1.11. The number of carboxylic acid groups (broad SMARTS) is 1. The first-order valence-electron chi connectivity index (χ1n) is 9.51. The number of hydrogen-bond donors (Lipinski definition) is 3. The van der Waals surface area contributed by atoms with Gasteiger partial charge in [0, 0.05) is 11.3 Å². The Morgan fingerprint density at radius 2 is 1.62 bits per heavy atom. The van der Waals surface area contributed by atoms with Crippen molar-refractivity contribution < 1.29 is 24.2 Å². The summed E-state index contributed by atoms with van der Waals surface area (Å²) in [4.78, 5) is 35.7. The van der Waals surface area contributed by atoms with Gasteiger partial charge in [-0.2, -0.15) is 0 Å². The summed E-state index contributed by atoms with van der Waals surface area (Å²) in [5.74, 6) is -0.902. The highest BCUT2D eigenvalue weighted by molar-refractivity contribution is 6.00. The van der Waals surface area contributed by atoms with Gasteiger partial charge in [-0.3, -0.25) is 14.4 Å². The zero-order valence-corrected chi connectivity index (χ0v) is 16.2. The molecule has 0 aliphatic heterocycles. The van der Waals surface area contributed by atoms with Crippen LogP contribution in [0.25, 0.3) is 0 Å². The molecule has 1 aliphatic carbocycles. The van der Waals surface area contributed by atoms with E-state index in [0.29, 0.717) is 11.3 Å². The Morgan fingerprint density at radius 3 is 2.17 bits per heavy atom. The van der Waals surface area contributed by atoms with Crippen molar-refractivity contribution in [1.82, 2.24) is 5.32 Å². The fourth-order valence-corrected chi connectivity index (χ4v) is 3.75. The number of rotatable bonds is 7. The van der Waals surface area contributed by atoms with E-state index in [-0.39, 0.29) is 5.91 Å². The molecule has 3 N–H and O–H groups in total. The van der Waals surface area contributed by atoms with Gasteiger partial charge in [0.25, 0.3) is 5.91 Å². The molecule has 0 bridgehead atoms. The Hall–Kier alpha value is -3.35. The van der Waals surface area contributed by atoms with Crippen LogP contribution >= 0.6 is 0 Å². The van der Waals surface area contributed by atoms with E-state index < -0.39 is 23.8 Å². The van der Waals surface area contributed by atoms with Gasteiger partial charge in [-0.15, -0.1) is 0 Å². The van der Waals surface area contributed by atoms with Crippen molar-refractivity contribution >= 4 is 23.5 Å². The predicted octanol–water partition coefficient (Wildman–Crippen LogP) is 2.96. The van der Waals surface area contributed by atoms with Crippen molar-refractivity contribution in [2.45, 2.75) is 31.1 Å². The molecular weight excluding hydrogens is 372 g/mol. The van der Waals surface area contributed by atoms with Gasteiger partial charge in [-0.25, -0.2) is 0 Å². The van der Waals surface area contributed by atoms with Crippen LogP contribution in [0.1, 0.15) is 41.6 Å². The summed E-state index contributed by atoms with van der Waals surface area (Å²) in [6.45, 7) is -0.443. The number of amides is 2. The molecule has 7 heteroatoms. The van der Waals surface area contributed by atoms with Crippen LogP contribution in [0.3, 0.4) is 0 Å². The molecule has 7 nitrogen and oxygen atoms in total. The first-order chi connectivity index (χ1) is 13.9. The monoisotopic (exact) mass is 396 g/mol. The molecule has 0 spiro atoms. The highest BCUT2D eigenvalue weighted by atomic mass is 16.5.